The first kappa shape index (κ1) is 19.0. The van der Waals surface area contributed by atoms with Crippen LogP contribution in [0.5, 0.6) is 0 Å². The van der Waals surface area contributed by atoms with Gasteiger partial charge in [-0.25, -0.2) is 9.97 Å². The molecule has 6 heteroatoms. The fraction of sp³-hybridized carbons (Fsp3) is 0.417. The van der Waals surface area contributed by atoms with E-state index in [1.54, 1.807) is 6.07 Å². The van der Waals surface area contributed by atoms with Crippen LogP contribution in [0.1, 0.15) is 66.5 Å². The van der Waals surface area contributed by atoms with Crippen LogP contribution in [0.3, 0.4) is 0 Å². The molecule has 30 heavy (non-hydrogen) atoms. The van der Waals surface area contributed by atoms with Gasteiger partial charge in [-0.15, -0.1) is 0 Å². The van der Waals surface area contributed by atoms with Gasteiger partial charge in [-0.3, -0.25) is 4.79 Å². The first-order valence-corrected chi connectivity index (χ1v) is 10.7. The van der Waals surface area contributed by atoms with Crippen molar-refractivity contribution in [1.29, 1.82) is 0 Å². The normalized spacial score (nSPS) is 20.7. The minimum absolute atomic E-state index is 0.0701. The van der Waals surface area contributed by atoms with Crippen LogP contribution >= 0.6 is 0 Å². The van der Waals surface area contributed by atoms with E-state index in [4.69, 9.17) is 9.51 Å². The Bertz CT molecular complexity index is 1070. The number of likely N-dealkylation sites (tertiary alicyclic amines) is 1. The van der Waals surface area contributed by atoms with E-state index in [-0.39, 0.29) is 17.2 Å². The van der Waals surface area contributed by atoms with Crippen molar-refractivity contribution in [2.24, 2.45) is 0 Å². The van der Waals surface area contributed by atoms with E-state index in [0.717, 1.165) is 55.0 Å². The van der Waals surface area contributed by atoms with Crippen LogP contribution in [-0.2, 0) is 11.8 Å². The summed E-state index contributed by atoms with van der Waals surface area (Å²) in [4.78, 5) is 24.7. The molecule has 3 aromatic rings. The zero-order valence-corrected chi connectivity index (χ0v) is 17.5. The van der Waals surface area contributed by atoms with Crippen molar-refractivity contribution in [2.75, 3.05) is 13.1 Å². The second-order valence-corrected chi connectivity index (χ2v) is 8.81. The Morgan fingerprint density at radius 3 is 2.80 bits per heavy atom. The molecule has 1 saturated heterocycles. The number of hydrogen-bond acceptors (Lipinski definition) is 5. The van der Waals surface area contributed by atoms with Crippen molar-refractivity contribution in [2.45, 2.75) is 50.9 Å². The molecular formula is C24H26N4O2. The van der Waals surface area contributed by atoms with Crippen LogP contribution in [0.15, 0.2) is 47.1 Å². The van der Waals surface area contributed by atoms with E-state index in [9.17, 15) is 4.79 Å². The molecule has 0 N–H and O–H groups in total. The summed E-state index contributed by atoms with van der Waals surface area (Å²) in [7, 11) is 0. The number of amides is 1. The number of fused-ring (bicyclic) bond motifs is 2. The number of nitrogens with zero attached hydrogens (tertiary/aromatic N) is 4. The topological polar surface area (TPSA) is 72.1 Å². The molecule has 1 fully saturated rings. The molecule has 1 aromatic carbocycles. The van der Waals surface area contributed by atoms with Gasteiger partial charge in [-0.05, 0) is 37.2 Å². The zero-order chi connectivity index (χ0) is 20.7. The lowest BCUT2D eigenvalue weighted by molar-refractivity contribution is 0.0592. The number of carbonyl (C=O) groups excluding carboxylic acids is 1. The molecule has 5 rings (SSSR count). The summed E-state index contributed by atoms with van der Waals surface area (Å²) in [6.07, 6.45) is 5.95. The number of hydrogen-bond donors (Lipinski definition) is 0. The summed E-state index contributed by atoms with van der Waals surface area (Å²) >= 11 is 0. The molecule has 3 heterocycles. The van der Waals surface area contributed by atoms with Crippen molar-refractivity contribution in [3.8, 4) is 11.4 Å². The van der Waals surface area contributed by atoms with Crippen molar-refractivity contribution in [3.05, 3.63) is 65.3 Å². The number of rotatable bonds is 3. The average molecular weight is 402 g/mol. The zero-order valence-electron chi connectivity index (χ0n) is 17.5. The van der Waals surface area contributed by atoms with Gasteiger partial charge in [0.1, 0.15) is 0 Å². The van der Waals surface area contributed by atoms with Gasteiger partial charge in [0.25, 0.3) is 5.91 Å². The van der Waals surface area contributed by atoms with Crippen molar-refractivity contribution in [1.82, 2.24) is 20.0 Å². The predicted molar refractivity (Wildman–Crippen MR) is 113 cm³/mol. The molecule has 1 spiro atoms. The third-order valence-electron chi connectivity index (χ3n) is 6.47. The highest BCUT2D eigenvalue weighted by molar-refractivity contribution is 5.91. The average Bonchev–Trinajstić information content (AvgIpc) is 3.40. The molecule has 1 atom stereocenters. The summed E-state index contributed by atoms with van der Waals surface area (Å²) in [6.45, 7) is 5.50. The number of benzene rings is 1. The number of carbonyl (C=O) groups is 1. The third-order valence-corrected chi connectivity index (χ3v) is 6.47. The lowest BCUT2D eigenvalue weighted by atomic mass is 9.77. The van der Waals surface area contributed by atoms with E-state index in [2.05, 4.69) is 10.1 Å². The Balaban J connectivity index is 1.44. The molecule has 1 aliphatic heterocycles. The first-order chi connectivity index (χ1) is 14.6. The van der Waals surface area contributed by atoms with Crippen LogP contribution in [-0.4, -0.2) is 39.0 Å². The third kappa shape index (κ3) is 3.20. The SMILES string of the molecule is CC(C)c1cc(C(=O)N2CCCC3(CCc4cnc(-c5ccccc5)nc43)C2)on1. The van der Waals surface area contributed by atoms with Gasteiger partial charge in [-0.1, -0.05) is 49.3 Å². The summed E-state index contributed by atoms with van der Waals surface area (Å²) in [5.74, 6) is 1.26. The Hall–Kier alpha value is -3.02. The fourth-order valence-corrected chi connectivity index (χ4v) is 4.79. The Morgan fingerprint density at radius 2 is 2.03 bits per heavy atom. The van der Waals surface area contributed by atoms with E-state index in [1.165, 1.54) is 5.56 Å². The number of piperidine rings is 1. The lowest BCUT2D eigenvalue weighted by Crippen LogP contribution is -2.47. The molecule has 6 nitrogen and oxygen atoms in total. The molecule has 0 radical (unpaired) electrons. The molecular weight excluding hydrogens is 376 g/mol. The minimum atomic E-state index is -0.101. The van der Waals surface area contributed by atoms with Gasteiger partial charge in [0.15, 0.2) is 5.82 Å². The molecule has 1 unspecified atom stereocenters. The number of aryl methyl sites for hydroxylation is 1. The lowest BCUT2D eigenvalue weighted by Gasteiger charge is -2.40. The Labute approximate surface area is 176 Å². The van der Waals surface area contributed by atoms with Gasteiger partial charge < -0.3 is 9.42 Å². The molecule has 1 amide bonds. The van der Waals surface area contributed by atoms with Crippen LogP contribution in [0.2, 0.25) is 0 Å². The maximum Gasteiger partial charge on any atom is 0.292 e. The van der Waals surface area contributed by atoms with Gasteiger partial charge >= 0.3 is 0 Å². The monoisotopic (exact) mass is 402 g/mol. The van der Waals surface area contributed by atoms with E-state index < -0.39 is 0 Å². The summed E-state index contributed by atoms with van der Waals surface area (Å²) in [5.41, 5.74) is 4.07. The highest BCUT2D eigenvalue weighted by atomic mass is 16.5. The Kier molecular flexibility index (Phi) is 4.65. The summed E-state index contributed by atoms with van der Waals surface area (Å²) in [5, 5.41) is 4.06. The minimum Gasteiger partial charge on any atom is -0.351 e. The highest BCUT2D eigenvalue weighted by Crippen LogP contribution is 2.44. The molecule has 2 aromatic heterocycles. The largest absolute Gasteiger partial charge is 0.351 e. The predicted octanol–water partition coefficient (Wildman–Crippen LogP) is 4.38. The van der Waals surface area contributed by atoms with Gasteiger partial charge in [0.2, 0.25) is 5.76 Å². The summed E-state index contributed by atoms with van der Waals surface area (Å²) < 4.78 is 5.37. The molecule has 2 aliphatic rings. The maximum atomic E-state index is 13.1. The highest BCUT2D eigenvalue weighted by Gasteiger charge is 2.45. The van der Waals surface area contributed by atoms with Crippen molar-refractivity contribution >= 4 is 5.91 Å². The smallest absolute Gasteiger partial charge is 0.292 e. The molecule has 154 valence electrons. The van der Waals surface area contributed by atoms with Gasteiger partial charge in [0, 0.05) is 36.3 Å². The van der Waals surface area contributed by atoms with Gasteiger partial charge in [0.05, 0.1) is 11.4 Å². The van der Waals surface area contributed by atoms with E-state index in [0.29, 0.717) is 12.3 Å². The van der Waals surface area contributed by atoms with Crippen LogP contribution in [0.25, 0.3) is 11.4 Å². The number of aromatic nitrogens is 3. The molecule has 0 saturated carbocycles. The Morgan fingerprint density at radius 1 is 1.20 bits per heavy atom. The summed E-state index contributed by atoms with van der Waals surface area (Å²) in [6, 6.07) is 11.9. The second-order valence-electron chi connectivity index (χ2n) is 8.81. The van der Waals surface area contributed by atoms with E-state index >= 15 is 0 Å². The van der Waals surface area contributed by atoms with Crippen LogP contribution < -0.4 is 0 Å². The van der Waals surface area contributed by atoms with Crippen molar-refractivity contribution in [3.63, 3.8) is 0 Å². The van der Waals surface area contributed by atoms with Crippen molar-refractivity contribution < 1.29 is 9.32 Å². The van der Waals surface area contributed by atoms with Gasteiger partial charge in [-0.2, -0.15) is 0 Å². The van der Waals surface area contributed by atoms with E-state index in [1.807, 2.05) is 55.3 Å². The standard InChI is InChI=1S/C24H26N4O2/c1-16(2)19-13-20(30-27-19)23(29)28-12-6-10-24(15-28)11-9-18-14-25-22(26-21(18)24)17-7-4-3-5-8-17/h3-5,7-8,13-14,16H,6,9-12,15H2,1-2H3. The molecule has 0 bridgehead atoms. The fourth-order valence-electron chi connectivity index (χ4n) is 4.79. The first-order valence-electron chi connectivity index (χ1n) is 10.7. The van der Waals surface area contributed by atoms with Crippen LogP contribution in [0, 0.1) is 0 Å². The quantitative estimate of drug-likeness (QED) is 0.650. The second kappa shape index (κ2) is 7.35. The van der Waals surface area contributed by atoms with Crippen LogP contribution in [0.4, 0.5) is 0 Å². The molecule has 1 aliphatic carbocycles. The maximum absolute atomic E-state index is 13.1.